The molecule has 0 spiro atoms. The van der Waals surface area contributed by atoms with Gasteiger partial charge in [-0.3, -0.25) is 24.6 Å². The van der Waals surface area contributed by atoms with E-state index >= 15 is 0 Å². The van der Waals surface area contributed by atoms with Crippen molar-refractivity contribution in [2.45, 2.75) is 32.2 Å². The van der Waals surface area contributed by atoms with Gasteiger partial charge in [0.05, 0.1) is 13.1 Å². The maximum absolute atomic E-state index is 12.0. The number of nitrogens with one attached hydrogen (secondary N) is 2. The Bertz CT molecular complexity index is 436. The first-order chi connectivity index (χ1) is 9.88. The van der Waals surface area contributed by atoms with Crippen LogP contribution in [0.25, 0.3) is 0 Å². The van der Waals surface area contributed by atoms with E-state index < -0.39 is 5.91 Å². The van der Waals surface area contributed by atoms with Crippen molar-refractivity contribution in [3.63, 3.8) is 0 Å². The maximum Gasteiger partial charge on any atom is 0.246 e. The molecule has 2 rings (SSSR count). The van der Waals surface area contributed by atoms with E-state index in [-0.39, 0.29) is 30.4 Å². The minimum Gasteiger partial charge on any atom is -0.333 e. The molecule has 0 saturated carbocycles. The van der Waals surface area contributed by atoms with Crippen LogP contribution in [-0.4, -0.2) is 72.3 Å². The summed E-state index contributed by atoms with van der Waals surface area (Å²) >= 11 is 0. The van der Waals surface area contributed by atoms with Crippen molar-refractivity contribution in [2.75, 3.05) is 39.3 Å². The standard InChI is InChI=1S/C14H24N4O3/c1-14(2)10-15-5-7-18(14)9-12(20)16-11(19)8-17-6-3-4-13(17)21/h15H,3-10H2,1-2H3,(H,16,19,20). The van der Waals surface area contributed by atoms with Gasteiger partial charge in [0.1, 0.15) is 0 Å². The van der Waals surface area contributed by atoms with Crippen molar-refractivity contribution in [3.05, 3.63) is 0 Å². The van der Waals surface area contributed by atoms with Gasteiger partial charge in [-0.1, -0.05) is 0 Å². The Morgan fingerprint density at radius 3 is 2.57 bits per heavy atom. The maximum atomic E-state index is 12.0. The monoisotopic (exact) mass is 296 g/mol. The summed E-state index contributed by atoms with van der Waals surface area (Å²) in [5.74, 6) is -0.717. The summed E-state index contributed by atoms with van der Waals surface area (Å²) < 4.78 is 0. The van der Waals surface area contributed by atoms with E-state index in [1.165, 1.54) is 4.90 Å². The second kappa shape index (κ2) is 6.53. The number of carbonyl (C=O) groups excluding carboxylic acids is 3. The number of amides is 3. The summed E-state index contributed by atoms with van der Waals surface area (Å²) in [4.78, 5) is 38.8. The van der Waals surface area contributed by atoms with E-state index in [1.807, 2.05) is 0 Å². The predicted octanol–water partition coefficient (Wildman–Crippen LogP) is -1.06. The van der Waals surface area contributed by atoms with E-state index in [9.17, 15) is 14.4 Å². The lowest BCUT2D eigenvalue weighted by Crippen LogP contribution is -2.60. The molecule has 7 nitrogen and oxygen atoms in total. The van der Waals surface area contributed by atoms with Gasteiger partial charge in [0, 0.05) is 38.1 Å². The first kappa shape index (κ1) is 15.9. The van der Waals surface area contributed by atoms with Crippen molar-refractivity contribution in [1.29, 1.82) is 0 Å². The van der Waals surface area contributed by atoms with Gasteiger partial charge in [-0.2, -0.15) is 0 Å². The normalized spacial score (nSPS) is 22.4. The summed E-state index contributed by atoms with van der Waals surface area (Å²) in [6, 6.07) is 0. The topological polar surface area (TPSA) is 81.8 Å². The molecule has 0 unspecified atom stereocenters. The molecule has 0 bridgehead atoms. The molecule has 118 valence electrons. The molecule has 21 heavy (non-hydrogen) atoms. The SMILES string of the molecule is CC1(C)CNCCN1CC(=O)NC(=O)CN1CCCC1=O. The van der Waals surface area contributed by atoms with Gasteiger partial charge in [-0.25, -0.2) is 0 Å². The molecule has 2 aliphatic rings. The molecule has 0 radical (unpaired) electrons. The third-order valence-corrected chi connectivity index (χ3v) is 4.09. The van der Waals surface area contributed by atoms with Gasteiger partial charge < -0.3 is 10.2 Å². The van der Waals surface area contributed by atoms with Gasteiger partial charge in [-0.15, -0.1) is 0 Å². The lowest BCUT2D eigenvalue weighted by molar-refractivity contribution is -0.137. The van der Waals surface area contributed by atoms with Crippen molar-refractivity contribution >= 4 is 17.7 Å². The summed E-state index contributed by atoms with van der Waals surface area (Å²) in [6.45, 7) is 7.35. The Morgan fingerprint density at radius 2 is 1.95 bits per heavy atom. The zero-order valence-electron chi connectivity index (χ0n) is 12.8. The highest BCUT2D eigenvalue weighted by molar-refractivity contribution is 5.98. The third kappa shape index (κ3) is 4.25. The van der Waals surface area contributed by atoms with Crippen LogP contribution in [0, 0.1) is 0 Å². The molecule has 7 heteroatoms. The fraction of sp³-hybridized carbons (Fsp3) is 0.786. The highest BCUT2D eigenvalue weighted by Gasteiger charge is 2.31. The first-order valence-corrected chi connectivity index (χ1v) is 7.45. The van der Waals surface area contributed by atoms with Crippen molar-refractivity contribution in [1.82, 2.24) is 20.4 Å². The minimum atomic E-state index is -0.400. The molecule has 2 heterocycles. The van der Waals surface area contributed by atoms with Crippen LogP contribution in [-0.2, 0) is 14.4 Å². The molecule has 0 aromatic carbocycles. The molecule has 0 aromatic heterocycles. The van der Waals surface area contributed by atoms with Gasteiger partial charge >= 0.3 is 0 Å². The lowest BCUT2D eigenvalue weighted by atomic mass is 10.0. The van der Waals surface area contributed by atoms with Crippen LogP contribution in [0.1, 0.15) is 26.7 Å². The Balaban J connectivity index is 1.78. The molecule has 0 aliphatic carbocycles. The van der Waals surface area contributed by atoms with E-state index in [0.717, 1.165) is 26.1 Å². The zero-order valence-corrected chi connectivity index (χ0v) is 12.8. The Morgan fingerprint density at radius 1 is 1.24 bits per heavy atom. The minimum absolute atomic E-state index is 0.0131. The molecular weight excluding hydrogens is 272 g/mol. The van der Waals surface area contributed by atoms with Crippen LogP contribution >= 0.6 is 0 Å². The van der Waals surface area contributed by atoms with E-state index in [1.54, 1.807) is 0 Å². The molecular formula is C14H24N4O3. The third-order valence-electron chi connectivity index (χ3n) is 4.09. The summed E-state index contributed by atoms with van der Waals surface area (Å²) in [5.41, 5.74) is -0.108. The van der Waals surface area contributed by atoms with Crippen LogP contribution in [0.5, 0.6) is 0 Å². The number of carbonyl (C=O) groups is 3. The summed E-state index contributed by atoms with van der Waals surface area (Å²) in [7, 11) is 0. The van der Waals surface area contributed by atoms with Crippen LogP contribution in [0.2, 0.25) is 0 Å². The predicted molar refractivity (Wildman–Crippen MR) is 77.5 cm³/mol. The van der Waals surface area contributed by atoms with Gasteiger partial charge in [0.25, 0.3) is 0 Å². The molecule has 2 saturated heterocycles. The number of nitrogens with zero attached hydrogens (tertiary/aromatic N) is 2. The van der Waals surface area contributed by atoms with Crippen LogP contribution in [0.3, 0.4) is 0 Å². The average Bonchev–Trinajstić information content (AvgIpc) is 2.77. The Hall–Kier alpha value is -1.47. The number of imide groups is 1. The fourth-order valence-corrected chi connectivity index (χ4v) is 2.77. The van der Waals surface area contributed by atoms with E-state index in [2.05, 4.69) is 29.4 Å². The second-order valence-corrected chi connectivity index (χ2v) is 6.30. The Kier molecular flexibility index (Phi) is 4.95. The number of hydrogen-bond acceptors (Lipinski definition) is 5. The fourth-order valence-electron chi connectivity index (χ4n) is 2.77. The van der Waals surface area contributed by atoms with Gasteiger partial charge in [0.15, 0.2) is 0 Å². The van der Waals surface area contributed by atoms with Crippen LogP contribution in [0.15, 0.2) is 0 Å². The van der Waals surface area contributed by atoms with Crippen molar-refractivity contribution < 1.29 is 14.4 Å². The van der Waals surface area contributed by atoms with E-state index in [0.29, 0.717) is 13.0 Å². The summed E-state index contributed by atoms with van der Waals surface area (Å²) in [6.07, 6.45) is 1.28. The zero-order chi connectivity index (χ0) is 15.5. The quantitative estimate of drug-likeness (QED) is 0.691. The van der Waals surface area contributed by atoms with Crippen molar-refractivity contribution in [2.24, 2.45) is 0 Å². The summed E-state index contributed by atoms with van der Waals surface area (Å²) in [5, 5.41) is 5.67. The Labute approximate surface area is 125 Å². The molecule has 0 atom stereocenters. The first-order valence-electron chi connectivity index (χ1n) is 7.45. The second-order valence-electron chi connectivity index (χ2n) is 6.30. The molecule has 2 fully saturated rings. The van der Waals surface area contributed by atoms with Crippen LogP contribution in [0.4, 0.5) is 0 Å². The van der Waals surface area contributed by atoms with Gasteiger partial charge in [-0.05, 0) is 20.3 Å². The van der Waals surface area contributed by atoms with E-state index in [4.69, 9.17) is 0 Å². The van der Waals surface area contributed by atoms with Crippen LogP contribution < -0.4 is 10.6 Å². The number of likely N-dealkylation sites (tertiary alicyclic amines) is 1. The lowest BCUT2D eigenvalue weighted by Gasteiger charge is -2.42. The number of rotatable bonds is 4. The highest BCUT2D eigenvalue weighted by atomic mass is 16.2. The molecule has 2 aliphatic heterocycles. The average molecular weight is 296 g/mol. The molecule has 0 aromatic rings. The van der Waals surface area contributed by atoms with Crippen molar-refractivity contribution in [3.8, 4) is 0 Å². The smallest absolute Gasteiger partial charge is 0.246 e. The number of hydrogen-bond donors (Lipinski definition) is 2. The number of piperazine rings is 1. The molecule has 3 amide bonds. The largest absolute Gasteiger partial charge is 0.333 e. The highest BCUT2D eigenvalue weighted by Crippen LogP contribution is 2.15. The van der Waals surface area contributed by atoms with Gasteiger partial charge in [0.2, 0.25) is 17.7 Å². The molecule has 2 N–H and O–H groups in total.